The van der Waals surface area contributed by atoms with E-state index in [4.69, 9.17) is 9.53 Å². The molecule has 0 aliphatic carbocycles. The summed E-state index contributed by atoms with van der Waals surface area (Å²) in [5, 5.41) is 11.1. The fourth-order valence-electron chi connectivity index (χ4n) is 3.46. The zero-order chi connectivity index (χ0) is 25.6. The van der Waals surface area contributed by atoms with Gasteiger partial charge in [-0.1, -0.05) is 32.9 Å². The molecule has 34 heavy (non-hydrogen) atoms. The minimum Gasteiger partial charge on any atom is -0.465 e. The quantitative estimate of drug-likeness (QED) is 0.318. The third-order valence-corrected chi connectivity index (χ3v) is 11.4. The van der Waals surface area contributed by atoms with E-state index in [1.165, 1.54) is 6.92 Å². The number of carbonyl (C=O) groups is 1. The first-order valence-corrected chi connectivity index (χ1v) is 14.4. The highest BCUT2D eigenvalue weighted by Crippen LogP contribution is 2.45. The van der Waals surface area contributed by atoms with Crippen molar-refractivity contribution in [3.05, 3.63) is 46.3 Å². The van der Waals surface area contributed by atoms with E-state index < -0.39 is 26.4 Å². The van der Waals surface area contributed by atoms with Crippen molar-refractivity contribution in [2.45, 2.75) is 64.8 Å². The summed E-state index contributed by atoms with van der Waals surface area (Å²) in [6.45, 7) is 13.3. The maximum atomic E-state index is 14.5. The molecule has 0 saturated carbocycles. The number of hydrogen-bond donors (Lipinski definition) is 2. The number of benzene rings is 1. The van der Waals surface area contributed by atoms with Crippen LogP contribution in [0.5, 0.6) is 0 Å². The number of imidazole rings is 1. The van der Waals surface area contributed by atoms with E-state index >= 15 is 0 Å². The number of carboxylic acid groups (broad SMARTS) is 1. The van der Waals surface area contributed by atoms with Gasteiger partial charge in [-0.15, -0.1) is 0 Å². The van der Waals surface area contributed by atoms with E-state index in [1.807, 2.05) is 40.8 Å². The summed E-state index contributed by atoms with van der Waals surface area (Å²) in [5.74, 6) is 0.0561. The molecule has 0 radical (unpaired) electrons. The predicted molar refractivity (Wildman–Crippen MR) is 134 cm³/mol. The zero-order valence-corrected chi connectivity index (χ0v) is 22.8. The molecule has 1 aromatic carbocycles. The Kier molecular flexibility index (Phi) is 6.95. The lowest BCUT2D eigenvalue weighted by Crippen LogP contribution is -2.50. The number of aryl methyl sites for hydroxylation is 1. The van der Waals surface area contributed by atoms with Gasteiger partial charge in [-0.2, -0.15) is 0 Å². The number of halogens is 3. The van der Waals surface area contributed by atoms with Crippen molar-refractivity contribution >= 4 is 41.8 Å². The number of anilines is 1. The minimum absolute atomic E-state index is 0.0561. The Balaban J connectivity index is 2.18. The largest absolute Gasteiger partial charge is 0.465 e. The van der Waals surface area contributed by atoms with Crippen molar-refractivity contribution in [2.24, 2.45) is 0 Å². The lowest BCUT2D eigenvalue weighted by molar-refractivity contribution is -0.0777. The van der Waals surface area contributed by atoms with Crippen LogP contribution in [-0.2, 0) is 10.0 Å². The Morgan fingerprint density at radius 1 is 1.26 bits per heavy atom. The molecule has 2 N–H and O–H groups in total. The van der Waals surface area contributed by atoms with Gasteiger partial charge in [-0.05, 0) is 65.1 Å². The van der Waals surface area contributed by atoms with E-state index in [9.17, 15) is 13.6 Å². The maximum Gasteiger partial charge on any atom is 0.410 e. The van der Waals surface area contributed by atoms with Crippen LogP contribution in [0.1, 0.15) is 38.8 Å². The van der Waals surface area contributed by atoms with Crippen molar-refractivity contribution in [1.82, 2.24) is 14.4 Å². The number of hydrogen-bond acceptors (Lipinski definition) is 4. The highest BCUT2D eigenvalue weighted by Gasteiger charge is 2.48. The van der Waals surface area contributed by atoms with Gasteiger partial charge in [0.25, 0.3) is 6.43 Å². The monoisotopic (exact) mass is 554 g/mol. The molecule has 184 valence electrons. The maximum absolute atomic E-state index is 14.5. The molecule has 0 aliphatic rings. The van der Waals surface area contributed by atoms with E-state index in [2.05, 4.69) is 31.2 Å². The third-order valence-electron chi connectivity index (χ3n) is 6.46. The molecule has 0 saturated heterocycles. The average molecular weight is 555 g/mol. The fourth-order valence-corrected chi connectivity index (χ4v) is 5.42. The molecule has 2 heterocycles. The molecule has 1 unspecified atom stereocenters. The van der Waals surface area contributed by atoms with Crippen LogP contribution < -0.4 is 5.32 Å². The number of fused-ring (bicyclic) bond motifs is 1. The number of alkyl halides is 2. The standard InChI is InChI=1S/C23H29BrF2N4O3Si/c1-13-8-9-14(23(5,20(25)26)33-34(6,7)22(2,3)4)10-15(13)16-11-27-19-18(29-21(31)32)28-17(24)12-30(16)19/h8-12,20H,1-7H3,(H,28,29)(H,31,32). The first-order valence-electron chi connectivity index (χ1n) is 10.7. The number of nitrogens with zero attached hydrogens (tertiary/aromatic N) is 3. The molecule has 1 amide bonds. The van der Waals surface area contributed by atoms with Crippen LogP contribution in [0.3, 0.4) is 0 Å². The number of rotatable bonds is 6. The van der Waals surface area contributed by atoms with Gasteiger partial charge in [0.1, 0.15) is 10.2 Å². The van der Waals surface area contributed by atoms with E-state index in [0.717, 1.165) is 5.56 Å². The van der Waals surface area contributed by atoms with Gasteiger partial charge in [0, 0.05) is 11.8 Å². The van der Waals surface area contributed by atoms with Crippen molar-refractivity contribution in [2.75, 3.05) is 5.32 Å². The highest BCUT2D eigenvalue weighted by molar-refractivity contribution is 9.10. The Morgan fingerprint density at radius 2 is 1.91 bits per heavy atom. The topological polar surface area (TPSA) is 88.8 Å². The number of amides is 1. The number of aromatic nitrogens is 3. The van der Waals surface area contributed by atoms with Gasteiger partial charge in [-0.25, -0.2) is 23.5 Å². The van der Waals surface area contributed by atoms with Gasteiger partial charge in [0.05, 0.1) is 11.9 Å². The lowest BCUT2D eigenvalue weighted by Gasteiger charge is -2.44. The summed E-state index contributed by atoms with van der Waals surface area (Å²) >= 11 is 3.29. The molecular formula is C23H29BrF2N4O3Si. The van der Waals surface area contributed by atoms with Crippen LogP contribution >= 0.6 is 15.9 Å². The lowest BCUT2D eigenvalue weighted by atomic mass is 9.92. The first kappa shape index (κ1) is 26.2. The van der Waals surface area contributed by atoms with Gasteiger partial charge >= 0.3 is 6.09 Å². The van der Waals surface area contributed by atoms with Crippen LogP contribution in [0.2, 0.25) is 18.1 Å². The minimum atomic E-state index is -2.75. The normalized spacial score (nSPS) is 14.4. The predicted octanol–water partition coefficient (Wildman–Crippen LogP) is 7.06. The summed E-state index contributed by atoms with van der Waals surface area (Å²) in [4.78, 5) is 19.6. The molecule has 0 fully saturated rings. The van der Waals surface area contributed by atoms with Crippen molar-refractivity contribution < 1.29 is 23.1 Å². The van der Waals surface area contributed by atoms with Crippen LogP contribution in [0.15, 0.2) is 35.2 Å². The Morgan fingerprint density at radius 3 is 2.47 bits per heavy atom. The Bertz CT molecular complexity index is 1240. The molecule has 3 rings (SSSR count). The van der Waals surface area contributed by atoms with E-state index in [1.54, 1.807) is 35.0 Å². The second kappa shape index (κ2) is 9.01. The number of nitrogens with one attached hydrogen (secondary N) is 1. The smallest absolute Gasteiger partial charge is 0.410 e. The van der Waals surface area contributed by atoms with Gasteiger partial charge in [0.15, 0.2) is 19.8 Å². The summed E-state index contributed by atoms with van der Waals surface area (Å²) in [6, 6.07) is 5.17. The first-order chi connectivity index (χ1) is 15.6. The van der Waals surface area contributed by atoms with Crippen LogP contribution in [-0.4, -0.2) is 40.3 Å². The molecule has 11 heteroatoms. The molecule has 0 spiro atoms. The molecule has 2 aromatic heterocycles. The third kappa shape index (κ3) is 4.87. The molecular weight excluding hydrogens is 526 g/mol. The molecule has 1 atom stereocenters. The highest BCUT2D eigenvalue weighted by atomic mass is 79.9. The summed E-state index contributed by atoms with van der Waals surface area (Å²) in [6.07, 6.45) is -0.804. The Hall–Kier alpha value is -2.37. The second-order valence-electron chi connectivity index (χ2n) is 9.98. The average Bonchev–Trinajstić information content (AvgIpc) is 3.10. The van der Waals surface area contributed by atoms with Gasteiger partial charge < -0.3 is 9.53 Å². The molecule has 0 aliphatic heterocycles. The molecule has 0 bridgehead atoms. The van der Waals surface area contributed by atoms with Crippen molar-refractivity contribution in [1.29, 1.82) is 0 Å². The van der Waals surface area contributed by atoms with Crippen LogP contribution in [0.25, 0.3) is 16.9 Å². The van der Waals surface area contributed by atoms with Gasteiger partial charge in [0.2, 0.25) is 0 Å². The fraction of sp³-hybridized carbons (Fsp3) is 0.435. The van der Waals surface area contributed by atoms with E-state index in [-0.39, 0.29) is 10.9 Å². The summed E-state index contributed by atoms with van der Waals surface area (Å²) in [7, 11) is -2.53. The van der Waals surface area contributed by atoms with Crippen molar-refractivity contribution in [3.63, 3.8) is 0 Å². The van der Waals surface area contributed by atoms with Crippen LogP contribution in [0.4, 0.5) is 19.4 Å². The van der Waals surface area contributed by atoms with E-state index in [0.29, 0.717) is 27.1 Å². The summed E-state index contributed by atoms with van der Waals surface area (Å²) < 4.78 is 37.4. The SMILES string of the molecule is Cc1ccc(C(C)(O[Si](C)(C)C(C)(C)C)C(F)F)cc1-c1cnc2c(NC(=O)O)nc(Br)cn12. The van der Waals surface area contributed by atoms with Crippen molar-refractivity contribution in [3.8, 4) is 11.3 Å². The second-order valence-corrected chi connectivity index (χ2v) is 15.5. The van der Waals surface area contributed by atoms with Gasteiger partial charge in [-0.3, -0.25) is 9.72 Å². The molecule has 3 aromatic rings. The zero-order valence-electron chi connectivity index (χ0n) is 20.2. The van der Waals surface area contributed by atoms with Crippen LogP contribution in [0, 0.1) is 6.92 Å². The Labute approximate surface area is 206 Å². The summed E-state index contributed by atoms with van der Waals surface area (Å²) in [5.41, 5.74) is 0.976. The molecule has 7 nitrogen and oxygen atoms in total.